The molecule has 1 aliphatic heterocycles. The summed E-state index contributed by atoms with van der Waals surface area (Å²) in [6.45, 7) is 1.21. The van der Waals surface area contributed by atoms with Crippen LogP contribution in [0.15, 0.2) is 0 Å². The number of alkyl halides is 1. The average molecular weight is 177 g/mol. The third-order valence-corrected chi connectivity index (χ3v) is 2.04. The number of hydrogen-bond donors (Lipinski definition) is 2. The summed E-state index contributed by atoms with van der Waals surface area (Å²) in [5, 5.41) is 12.0. The summed E-state index contributed by atoms with van der Waals surface area (Å²) in [7, 11) is 0. The van der Waals surface area contributed by atoms with Gasteiger partial charge in [-0.3, -0.25) is 0 Å². The second-order valence-electron chi connectivity index (χ2n) is 3.10. The maximum Gasteiger partial charge on any atom is 0.117 e. The van der Waals surface area contributed by atoms with Gasteiger partial charge in [-0.2, -0.15) is 0 Å². The summed E-state index contributed by atoms with van der Waals surface area (Å²) in [6, 6.07) is 0.389. The van der Waals surface area contributed by atoms with Crippen LogP contribution in [0.25, 0.3) is 0 Å². The van der Waals surface area contributed by atoms with Crippen molar-refractivity contribution < 1.29 is 14.2 Å². The number of nitrogens with one attached hydrogen (secondary N) is 1. The van der Waals surface area contributed by atoms with Crippen molar-refractivity contribution in [3.8, 4) is 0 Å². The number of rotatable bonds is 4. The zero-order chi connectivity index (χ0) is 8.81. The smallest absolute Gasteiger partial charge is 0.117 e. The predicted octanol–water partition coefficient (Wildman–Crippen LogP) is 0.0854. The van der Waals surface area contributed by atoms with Gasteiger partial charge in [0.25, 0.3) is 0 Å². The summed E-state index contributed by atoms with van der Waals surface area (Å²) in [4.78, 5) is 0. The standard InChI is InChI=1S/C8H16FNO2/c9-5-8(11)6-10-7-1-3-12-4-2-7/h7-8,10-11H,1-6H2. The van der Waals surface area contributed by atoms with Crippen molar-refractivity contribution in [1.82, 2.24) is 5.32 Å². The van der Waals surface area contributed by atoms with Gasteiger partial charge >= 0.3 is 0 Å². The summed E-state index contributed by atoms with van der Waals surface area (Å²) in [6.07, 6.45) is 1.06. The molecule has 1 saturated heterocycles. The highest BCUT2D eigenvalue weighted by atomic mass is 19.1. The lowest BCUT2D eigenvalue weighted by molar-refractivity contribution is 0.0700. The molecule has 3 nitrogen and oxygen atoms in total. The lowest BCUT2D eigenvalue weighted by Crippen LogP contribution is -2.39. The summed E-state index contributed by atoms with van der Waals surface area (Å²) in [5.74, 6) is 0. The maximum atomic E-state index is 11.8. The molecule has 0 saturated carbocycles. The van der Waals surface area contributed by atoms with Gasteiger partial charge < -0.3 is 15.2 Å². The van der Waals surface area contributed by atoms with Crippen LogP contribution in [0.3, 0.4) is 0 Å². The van der Waals surface area contributed by atoms with Gasteiger partial charge in [-0.1, -0.05) is 0 Å². The zero-order valence-electron chi connectivity index (χ0n) is 7.13. The fraction of sp³-hybridized carbons (Fsp3) is 1.00. The predicted molar refractivity (Wildman–Crippen MR) is 43.8 cm³/mol. The highest BCUT2D eigenvalue weighted by molar-refractivity contribution is 4.71. The Bertz CT molecular complexity index is 118. The van der Waals surface area contributed by atoms with Crippen molar-refractivity contribution >= 4 is 0 Å². The molecule has 0 bridgehead atoms. The molecule has 1 unspecified atom stereocenters. The van der Waals surface area contributed by atoms with E-state index >= 15 is 0 Å². The van der Waals surface area contributed by atoms with E-state index in [9.17, 15) is 4.39 Å². The Balaban J connectivity index is 2.05. The molecule has 0 aromatic rings. The molecule has 12 heavy (non-hydrogen) atoms. The second kappa shape index (κ2) is 5.45. The molecular formula is C8H16FNO2. The molecule has 1 fully saturated rings. The summed E-state index contributed by atoms with van der Waals surface area (Å²) >= 11 is 0. The van der Waals surface area contributed by atoms with Crippen molar-refractivity contribution in [2.45, 2.75) is 25.0 Å². The first-order valence-electron chi connectivity index (χ1n) is 4.38. The van der Waals surface area contributed by atoms with Crippen molar-refractivity contribution in [3.05, 3.63) is 0 Å². The van der Waals surface area contributed by atoms with Gasteiger partial charge in [-0.25, -0.2) is 4.39 Å². The van der Waals surface area contributed by atoms with Crippen molar-refractivity contribution in [1.29, 1.82) is 0 Å². The van der Waals surface area contributed by atoms with Crippen LogP contribution < -0.4 is 5.32 Å². The van der Waals surface area contributed by atoms with Crippen LogP contribution in [0.1, 0.15) is 12.8 Å². The van der Waals surface area contributed by atoms with E-state index in [0.717, 1.165) is 26.1 Å². The highest BCUT2D eigenvalue weighted by Gasteiger charge is 2.14. The minimum absolute atomic E-state index is 0.348. The lowest BCUT2D eigenvalue weighted by Gasteiger charge is -2.23. The Morgan fingerprint density at radius 1 is 1.50 bits per heavy atom. The van der Waals surface area contributed by atoms with E-state index in [0.29, 0.717) is 12.6 Å². The number of aliphatic hydroxyl groups excluding tert-OH is 1. The van der Waals surface area contributed by atoms with Gasteiger partial charge in [0.15, 0.2) is 0 Å². The molecule has 72 valence electrons. The normalized spacial score (nSPS) is 22.5. The van der Waals surface area contributed by atoms with Crippen LogP contribution in [0.4, 0.5) is 4.39 Å². The van der Waals surface area contributed by atoms with E-state index in [1.807, 2.05) is 0 Å². The maximum absolute atomic E-state index is 11.8. The van der Waals surface area contributed by atoms with E-state index in [1.54, 1.807) is 0 Å². The van der Waals surface area contributed by atoms with Crippen LogP contribution in [0.2, 0.25) is 0 Å². The van der Waals surface area contributed by atoms with E-state index in [4.69, 9.17) is 9.84 Å². The topological polar surface area (TPSA) is 41.5 Å². The van der Waals surface area contributed by atoms with Crippen LogP contribution >= 0.6 is 0 Å². The first kappa shape index (κ1) is 9.89. The highest BCUT2D eigenvalue weighted by Crippen LogP contribution is 2.05. The molecule has 4 heteroatoms. The molecule has 1 heterocycles. The van der Waals surface area contributed by atoms with Gasteiger partial charge in [-0.15, -0.1) is 0 Å². The zero-order valence-corrected chi connectivity index (χ0v) is 7.13. The quantitative estimate of drug-likeness (QED) is 0.639. The molecule has 1 aliphatic rings. The fourth-order valence-corrected chi connectivity index (χ4v) is 1.26. The molecule has 0 aliphatic carbocycles. The minimum Gasteiger partial charge on any atom is -0.389 e. The third kappa shape index (κ3) is 3.47. The largest absolute Gasteiger partial charge is 0.389 e. The average Bonchev–Trinajstić information content (AvgIpc) is 2.16. The third-order valence-electron chi connectivity index (χ3n) is 2.04. The number of aliphatic hydroxyl groups is 1. The molecular weight excluding hydrogens is 161 g/mol. The number of ether oxygens (including phenoxy) is 1. The van der Waals surface area contributed by atoms with Gasteiger partial charge in [0.05, 0.1) is 6.10 Å². The van der Waals surface area contributed by atoms with E-state index < -0.39 is 12.8 Å². The molecule has 0 radical (unpaired) electrons. The van der Waals surface area contributed by atoms with Crippen molar-refractivity contribution in [2.24, 2.45) is 0 Å². The number of hydrogen-bond acceptors (Lipinski definition) is 3. The lowest BCUT2D eigenvalue weighted by atomic mass is 10.1. The van der Waals surface area contributed by atoms with E-state index in [-0.39, 0.29) is 0 Å². The van der Waals surface area contributed by atoms with Gasteiger partial charge in [0, 0.05) is 25.8 Å². The van der Waals surface area contributed by atoms with E-state index in [2.05, 4.69) is 5.32 Å². The molecule has 0 spiro atoms. The first-order chi connectivity index (χ1) is 5.83. The molecule has 2 N–H and O–H groups in total. The molecule has 0 aromatic heterocycles. The van der Waals surface area contributed by atoms with E-state index in [1.165, 1.54) is 0 Å². The Morgan fingerprint density at radius 2 is 2.17 bits per heavy atom. The molecule has 1 atom stereocenters. The summed E-state index contributed by atoms with van der Waals surface area (Å²) in [5.41, 5.74) is 0. The van der Waals surface area contributed by atoms with Crippen LogP contribution in [0.5, 0.6) is 0 Å². The van der Waals surface area contributed by atoms with Gasteiger partial charge in [0.1, 0.15) is 6.67 Å². The van der Waals surface area contributed by atoms with Crippen LogP contribution in [-0.4, -0.2) is 43.7 Å². The first-order valence-corrected chi connectivity index (χ1v) is 4.38. The second-order valence-corrected chi connectivity index (χ2v) is 3.10. The van der Waals surface area contributed by atoms with Crippen molar-refractivity contribution in [3.63, 3.8) is 0 Å². The Kier molecular flexibility index (Phi) is 4.50. The van der Waals surface area contributed by atoms with Crippen LogP contribution in [0, 0.1) is 0 Å². The Labute approximate surface area is 71.9 Å². The van der Waals surface area contributed by atoms with Gasteiger partial charge in [0.2, 0.25) is 0 Å². The summed E-state index contributed by atoms with van der Waals surface area (Å²) < 4.78 is 17.0. The van der Waals surface area contributed by atoms with Crippen LogP contribution in [-0.2, 0) is 4.74 Å². The SMILES string of the molecule is OC(CF)CNC1CCOCC1. The number of halogens is 1. The fourth-order valence-electron chi connectivity index (χ4n) is 1.26. The Morgan fingerprint density at radius 3 is 2.75 bits per heavy atom. The van der Waals surface area contributed by atoms with Gasteiger partial charge in [-0.05, 0) is 12.8 Å². The molecule has 0 aromatic carbocycles. The minimum atomic E-state index is -0.854. The molecule has 0 amide bonds. The Hall–Kier alpha value is -0.190. The van der Waals surface area contributed by atoms with Crippen molar-refractivity contribution in [2.75, 3.05) is 26.4 Å². The molecule has 1 rings (SSSR count). The monoisotopic (exact) mass is 177 g/mol.